The molecule has 0 aliphatic carbocycles. The first-order chi connectivity index (χ1) is 11.9. The Kier molecular flexibility index (Phi) is 8.60. The number of carbonyl (C=O) groups is 1. The highest BCUT2D eigenvalue weighted by molar-refractivity contribution is 5.79. The van der Waals surface area contributed by atoms with Crippen LogP contribution in [0.25, 0.3) is 0 Å². The predicted octanol–water partition coefficient (Wildman–Crippen LogP) is 2.27. The molecule has 140 valence electrons. The zero-order valence-electron chi connectivity index (χ0n) is 15.8. The van der Waals surface area contributed by atoms with Gasteiger partial charge >= 0.3 is 6.09 Å². The first-order valence-corrected chi connectivity index (χ1v) is 8.47. The summed E-state index contributed by atoms with van der Waals surface area (Å²) < 4.78 is 10.8. The number of alkyl carbamates (subject to hydrolysis) is 1. The highest BCUT2D eigenvalue weighted by atomic mass is 16.6. The number of aliphatic imine (C=N–C) groups is 1. The van der Waals surface area contributed by atoms with E-state index in [1.54, 1.807) is 7.05 Å². The van der Waals surface area contributed by atoms with Crippen molar-refractivity contribution >= 4 is 12.1 Å². The third-order valence-corrected chi connectivity index (χ3v) is 3.03. The van der Waals surface area contributed by atoms with Crippen LogP contribution in [0.1, 0.15) is 33.3 Å². The number of nitrogens with one attached hydrogen (secondary N) is 3. The molecule has 0 saturated carbocycles. The fourth-order valence-electron chi connectivity index (χ4n) is 2.01. The number of para-hydroxylation sites is 1. The first kappa shape index (κ1) is 20.6. The standard InChI is InChI=1S/C18H30N4O3/c1-6-24-15-10-8-7-9-14(15)13-22-16(19-5)20-11-12-21-17(23)25-18(2,3)4/h7-10H,6,11-13H2,1-5H3,(H,21,23)(H2,19,20,22). The molecule has 7 nitrogen and oxygen atoms in total. The van der Waals surface area contributed by atoms with Gasteiger partial charge in [-0.2, -0.15) is 0 Å². The van der Waals surface area contributed by atoms with Crippen LogP contribution in [0.5, 0.6) is 5.75 Å². The number of hydrogen-bond donors (Lipinski definition) is 3. The molecule has 0 bridgehead atoms. The normalized spacial score (nSPS) is 11.6. The Morgan fingerprint density at radius 1 is 1.12 bits per heavy atom. The Morgan fingerprint density at radius 3 is 2.44 bits per heavy atom. The molecule has 0 unspecified atom stereocenters. The number of benzene rings is 1. The molecular formula is C18H30N4O3. The lowest BCUT2D eigenvalue weighted by Gasteiger charge is -2.20. The minimum absolute atomic E-state index is 0.428. The molecular weight excluding hydrogens is 320 g/mol. The van der Waals surface area contributed by atoms with Crippen molar-refractivity contribution in [2.45, 2.75) is 39.8 Å². The second-order valence-electron chi connectivity index (χ2n) is 6.32. The zero-order valence-corrected chi connectivity index (χ0v) is 15.8. The van der Waals surface area contributed by atoms with Crippen molar-refractivity contribution in [3.63, 3.8) is 0 Å². The van der Waals surface area contributed by atoms with Crippen molar-refractivity contribution in [2.24, 2.45) is 4.99 Å². The summed E-state index contributed by atoms with van der Waals surface area (Å²) >= 11 is 0. The zero-order chi connectivity index (χ0) is 18.7. The molecule has 0 aliphatic heterocycles. The van der Waals surface area contributed by atoms with E-state index in [4.69, 9.17) is 9.47 Å². The number of nitrogens with zero attached hydrogens (tertiary/aromatic N) is 1. The minimum Gasteiger partial charge on any atom is -0.494 e. The summed E-state index contributed by atoms with van der Waals surface area (Å²) in [5, 5.41) is 9.05. The van der Waals surface area contributed by atoms with Gasteiger partial charge in [-0.05, 0) is 33.8 Å². The van der Waals surface area contributed by atoms with Crippen LogP contribution < -0.4 is 20.7 Å². The molecule has 0 fully saturated rings. The molecule has 0 radical (unpaired) electrons. The second-order valence-corrected chi connectivity index (χ2v) is 6.32. The third kappa shape index (κ3) is 8.83. The molecule has 1 rings (SSSR count). The number of ether oxygens (including phenoxy) is 2. The van der Waals surface area contributed by atoms with Crippen LogP contribution in [0.4, 0.5) is 4.79 Å². The maximum absolute atomic E-state index is 11.6. The van der Waals surface area contributed by atoms with E-state index in [0.29, 0.717) is 32.2 Å². The Bertz CT molecular complexity index is 568. The Hall–Kier alpha value is -2.44. The summed E-state index contributed by atoms with van der Waals surface area (Å²) in [6.45, 7) is 9.64. The average Bonchev–Trinajstić information content (AvgIpc) is 2.54. The number of hydrogen-bond acceptors (Lipinski definition) is 4. The topological polar surface area (TPSA) is 84.0 Å². The van der Waals surface area contributed by atoms with Gasteiger partial charge in [-0.3, -0.25) is 4.99 Å². The molecule has 0 saturated heterocycles. The van der Waals surface area contributed by atoms with Crippen LogP contribution in [-0.2, 0) is 11.3 Å². The number of rotatable bonds is 7. The van der Waals surface area contributed by atoms with Crippen LogP contribution in [0.15, 0.2) is 29.3 Å². The molecule has 1 aromatic carbocycles. The monoisotopic (exact) mass is 350 g/mol. The summed E-state index contributed by atoms with van der Waals surface area (Å²) in [5.41, 5.74) is 0.558. The lowest BCUT2D eigenvalue weighted by atomic mass is 10.2. The van der Waals surface area contributed by atoms with E-state index in [-0.39, 0.29) is 0 Å². The fraction of sp³-hybridized carbons (Fsp3) is 0.556. The predicted molar refractivity (Wildman–Crippen MR) is 100 cm³/mol. The minimum atomic E-state index is -0.497. The van der Waals surface area contributed by atoms with Gasteiger partial charge in [0.15, 0.2) is 5.96 Å². The quantitative estimate of drug-likeness (QED) is 0.399. The lowest BCUT2D eigenvalue weighted by Crippen LogP contribution is -2.42. The Labute approximate surface area is 150 Å². The molecule has 3 N–H and O–H groups in total. The van der Waals surface area contributed by atoms with Gasteiger partial charge in [-0.1, -0.05) is 18.2 Å². The van der Waals surface area contributed by atoms with Crippen LogP contribution >= 0.6 is 0 Å². The number of carbonyl (C=O) groups excluding carboxylic acids is 1. The van der Waals surface area contributed by atoms with Gasteiger partial charge in [-0.15, -0.1) is 0 Å². The van der Waals surface area contributed by atoms with E-state index in [9.17, 15) is 4.79 Å². The van der Waals surface area contributed by atoms with Crippen molar-refractivity contribution in [3.05, 3.63) is 29.8 Å². The number of amides is 1. The lowest BCUT2D eigenvalue weighted by molar-refractivity contribution is 0.0529. The molecule has 1 amide bonds. The van der Waals surface area contributed by atoms with Gasteiger partial charge in [0, 0.05) is 32.2 Å². The third-order valence-electron chi connectivity index (χ3n) is 3.03. The molecule has 25 heavy (non-hydrogen) atoms. The summed E-state index contributed by atoms with van der Waals surface area (Å²) in [6, 6.07) is 7.88. The molecule has 0 heterocycles. The fourth-order valence-corrected chi connectivity index (χ4v) is 2.01. The van der Waals surface area contributed by atoms with Crippen molar-refractivity contribution < 1.29 is 14.3 Å². The van der Waals surface area contributed by atoms with E-state index in [2.05, 4.69) is 20.9 Å². The summed E-state index contributed by atoms with van der Waals surface area (Å²) in [7, 11) is 1.70. The molecule has 0 spiro atoms. The van der Waals surface area contributed by atoms with Crippen molar-refractivity contribution in [1.29, 1.82) is 0 Å². The van der Waals surface area contributed by atoms with Crippen molar-refractivity contribution in [3.8, 4) is 5.75 Å². The van der Waals surface area contributed by atoms with Gasteiger partial charge in [-0.25, -0.2) is 4.79 Å². The van der Waals surface area contributed by atoms with E-state index in [0.717, 1.165) is 11.3 Å². The largest absolute Gasteiger partial charge is 0.494 e. The van der Waals surface area contributed by atoms with Gasteiger partial charge in [0.1, 0.15) is 11.4 Å². The SMILES string of the molecule is CCOc1ccccc1CNC(=NC)NCCNC(=O)OC(C)(C)C. The summed E-state index contributed by atoms with van der Waals surface area (Å²) in [5.74, 6) is 1.51. The van der Waals surface area contributed by atoms with E-state index >= 15 is 0 Å². The molecule has 0 aromatic heterocycles. The van der Waals surface area contributed by atoms with Crippen LogP contribution in [0.2, 0.25) is 0 Å². The maximum atomic E-state index is 11.6. The maximum Gasteiger partial charge on any atom is 0.407 e. The smallest absolute Gasteiger partial charge is 0.407 e. The van der Waals surface area contributed by atoms with Gasteiger partial charge in [0.2, 0.25) is 0 Å². The van der Waals surface area contributed by atoms with Gasteiger partial charge in [0.05, 0.1) is 6.61 Å². The summed E-state index contributed by atoms with van der Waals surface area (Å²) in [4.78, 5) is 15.7. The van der Waals surface area contributed by atoms with Gasteiger partial charge < -0.3 is 25.4 Å². The van der Waals surface area contributed by atoms with E-state index in [1.807, 2.05) is 52.0 Å². The van der Waals surface area contributed by atoms with E-state index in [1.165, 1.54) is 0 Å². The average molecular weight is 350 g/mol. The van der Waals surface area contributed by atoms with Crippen LogP contribution in [0, 0.1) is 0 Å². The first-order valence-electron chi connectivity index (χ1n) is 8.47. The van der Waals surface area contributed by atoms with Crippen molar-refractivity contribution in [1.82, 2.24) is 16.0 Å². The number of guanidine groups is 1. The highest BCUT2D eigenvalue weighted by Gasteiger charge is 2.15. The molecule has 7 heteroatoms. The van der Waals surface area contributed by atoms with Crippen LogP contribution in [-0.4, -0.2) is 44.4 Å². The Morgan fingerprint density at radius 2 is 1.80 bits per heavy atom. The van der Waals surface area contributed by atoms with E-state index < -0.39 is 11.7 Å². The molecule has 0 aliphatic rings. The molecule has 1 aromatic rings. The van der Waals surface area contributed by atoms with Crippen LogP contribution in [0.3, 0.4) is 0 Å². The molecule has 0 atom stereocenters. The van der Waals surface area contributed by atoms with Crippen molar-refractivity contribution in [2.75, 3.05) is 26.7 Å². The summed E-state index contributed by atoms with van der Waals surface area (Å²) in [6.07, 6.45) is -0.428. The Balaban J connectivity index is 2.35. The highest BCUT2D eigenvalue weighted by Crippen LogP contribution is 2.17. The second kappa shape index (κ2) is 10.4. The van der Waals surface area contributed by atoms with Gasteiger partial charge in [0.25, 0.3) is 0 Å².